The topological polar surface area (TPSA) is 41.1 Å². The van der Waals surface area contributed by atoms with E-state index in [1.165, 1.54) is 0 Å². The van der Waals surface area contributed by atoms with Crippen LogP contribution in [0.1, 0.15) is 13.3 Å². The Morgan fingerprint density at radius 3 is 2.64 bits per heavy atom. The Kier molecular flexibility index (Phi) is 5.65. The second kappa shape index (κ2) is 6.04. The van der Waals surface area contributed by atoms with Gasteiger partial charge in [-0.2, -0.15) is 0 Å². The van der Waals surface area contributed by atoms with Crippen molar-refractivity contribution in [1.29, 1.82) is 0 Å². The molecule has 2 N–H and O–H groups in total. The first-order valence-corrected chi connectivity index (χ1v) is 3.89. The number of halogens is 1. The van der Waals surface area contributed by atoms with Gasteiger partial charge >= 0.3 is 6.03 Å². The second-order valence-corrected chi connectivity index (χ2v) is 2.66. The van der Waals surface area contributed by atoms with Crippen LogP contribution in [0.2, 0.25) is 0 Å². The van der Waals surface area contributed by atoms with Crippen molar-refractivity contribution in [3.05, 3.63) is 11.6 Å². The molecule has 0 spiro atoms. The summed E-state index contributed by atoms with van der Waals surface area (Å²) in [7, 11) is 0. The van der Waals surface area contributed by atoms with E-state index >= 15 is 0 Å². The zero-order valence-electron chi connectivity index (χ0n) is 6.61. The van der Waals surface area contributed by atoms with Crippen molar-refractivity contribution in [2.75, 3.05) is 13.1 Å². The van der Waals surface area contributed by atoms with E-state index in [-0.39, 0.29) is 6.03 Å². The zero-order valence-corrected chi connectivity index (χ0v) is 7.37. The maximum Gasteiger partial charge on any atom is 0.315 e. The quantitative estimate of drug-likeness (QED) is 0.669. The van der Waals surface area contributed by atoms with E-state index in [9.17, 15) is 4.79 Å². The lowest BCUT2D eigenvalue weighted by Crippen LogP contribution is -2.36. The van der Waals surface area contributed by atoms with Gasteiger partial charge in [0.2, 0.25) is 0 Å². The van der Waals surface area contributed by atoms with Crippen LogP contribution in [-0.4, -0.2) is 19.1 Å². The van der Waals surface area contributed by atoms with E-state index in [1.54, 1.807) is 0 Å². The van der Waals surface area contributed by atoms with Gasteiger partial charge in [-0.15, -0.1) is 0 Å². The van der Waals surface area contributed by atoms with Gasteiger partial charge in [0.25, 0.3) is 0 Å². The molecule has 0 unspecified atom stereocenters. The van der Waals surface area contributed by atoms with Crippen LogP contribution in [0.5, 0.6) is 0 Å². The molecular formula is C7H13ClN2O. The van der Waals surface area contributed by atoms with Crippen LogP contribution in [0.25, 0.3) is 0 Å². The van der Waals surface area contributed by atoms with Crippen LogP contribution >= 0.6 is 11.6 Å². The van der Waals surface area contributed by atoms with Crippen LogP contribution in [0.3, 0.4) is 0 Å². The Morgan fingerprint density at radius 1 is 1.55 bits per heavy atom. The molecule has 0 saturated carbocycles. The Labute approximate surface area is 71.8 Å². The largest absolute Gasteiger partial charge is 0.338 e. The standard InChI is InChI=1S/C7H13ClN2O/c1-3-4-9-7(11)10-5-6(2)8/h2-5H2,1H3,(H2,9,10,11). The molecule has 0 atom stereocenters. The molecule has 11 heavy (non-hydrogen) atoms. The Hall–Kier alpha value is -0.700. The maximum absolute atomic E-state index is 10.8. The lowest BCUT2D eigenvalue weighted by atomic mass is 10.5. The summed E-state index contributed by atoms with van der Waals surface area (Å²) in [5.41, 5.74) is 0. The number of hydrogen-bond acceptors (Lipinski definition) is 1. The molecule has 0 fully saturated rings. The predicted molar refractivity (Wildman–Crippen MR) is 46.7 cm³/mol. The Balaban J connectivity index is 3.30. The third kappa shape index (κ3) is 7.19. The van der Waals surface area contributed by atoms with Gasteiger partial charge in [-0.05, 0) is 6.42 Å². The molecule has 0 aliphatic carbocycles. The molecule has 2 amide bonds. The van der Waals surface area contributed by atoms with Crippen LogP contribution in [-0.2, 0) is 0 Å². The van der Waals surface area contributed by atoms with E-state index in [1.807, 2.05) is 6.92 Å². The minimum absolute atomic E-state index is 0.200. The Morgan fingerprint density at radius 2 is 2.18 bits per heavy atom. The molecule has 0 aliphatic rings. The van der Waals surface area contributed by atoms with E-state index in [4.69, 9.17) is 11.6 Å². The smallest absolute Gasteiger partial charge is 0.315 e. The number of rotatable bonds is 4. The first-order valence-electron chi connectivity index (χ1n) is 3.51. The van der Waals surface area contributed by atoms with Gasteiger partial charge in [0.1, 0.15) is 0 Å². The normalized spacial score (nSPS) is 8.91. The maximum atomic E-state index is 10.8. The van der Waals surface area contributed by atoms with Crippen molar-refractivity contribution in [2.24, 2.45) is 0 Å². The van der Waals surface area contributed by atoms with E-state index in [0.29, 0.717) is 18.1 Å². The molecular weight excluding hydrogens is 164 g/mol. The van der Waals surface area contributed by atoms with Crippen molar-refractivity contribution in [3.63, 3.8) is 0 Å². The summed E-state index contributed by atoms with van der Waals surface area (Å²) >= 11 is 5.42. The predicted octanol–water partition coefficient (Wildman–Crippen LogP) is 1.45. The number of urea groups is 1. The SMILES string of the molecule is C=C(Cl)CNC(=O)NCCC. The Bertz CT molecular complexity index is 147. The van der Waals surface area contributed by atoms with Gasteiger partial charge in [-0.1, -0.05) is 25.1 Å². The first kappa shape index (κ1) is 10.3. The van der Waals surface area contributed by atoms with Crippen LogP contribution in [0.15, 0.2) is 11.6 Å². The fraction of sp³-hybridized carbons (Fsp3) is 0.571. The highest BCUT2D eigenvalue weighted by Gasteiger charge is 1.96. The summed E-state index contributed by atoms with van der Waals surface area (Å²) in [5.74, 6) is 0. The van der Waals surface area contributed by atoms with Gasteiger partial charge in [0.05, 0.1) is 6.54 Å². The van der Waals surface area contributed by atoms with Crippen LogP contribution in [0.4, 0.5) is 4.79 Å². The van der Waals surface area contributed by atoms with Crippen LogP contribution < -0.4 is 10.6 Å². The third-order valence-electron chi connectivity index (χ3n) is 0.976. The minimum atomic E-state index is -0.200. The van der Waals surface area contributed by atoms with E-state index in [0.717, 1.165) is 6.42 Å². The van der Waals surface area contributed by atoms with Crippen molar-refractivity contribution in [2.45, 2.75) is 13.3 Å². The number of carbonyl (C=O) groups is 1. The summed E-state index contributed by atoms with van der Waals surface area (Å²) in [6, 6.07) is -0.200. The van der Waals surface area contributed by atoms with E-state index < -0.39 is 0 Å². The molecule has 3 nitrogen and oxygen atoms in total. The van der Waals surface area contributed by atoms with Gasteiger partial charge in [-0.3, -0.25) is 0 Å². The monoisotopic (exact) mass is 176 g/mol. The second-order valence-electron chi connectivity index (χ2n) is 2.13. The molecule has 64 valence electrons. The van der Waals surface area contributed by atoms with Crippen molar-refractivity contribution in [3.8, 4) is 0 Å². The van der Waals surface area contributed by atoms with Gasteiger partial charge in [0, 0.05) is 11.6 Å². The summed E-state index contributed by atoms with van der Waals surface area (Å²) in [6.45, 7) is 6.41. The summed E-state index contributed by atoms with van der Waals surface area (Å²) in [4.78, 5) is 10.8. The van der Waals surface area contributed by atoms with Crippen LogP contribution in [0, 0.1) is 0 Å². The summed E-state index contributed by atoms with van der Waals surface area (Å²) < 4.78 is 0. The molecule has 0 aromatic heterocycles. The molecule has 0 rings (SSSR count). The molecule has 0 radical (unpaired) electrons. The van der Waals surface area contributed by atoms with Crippen molar-refractivity contribution < 1.29 is 4.79 Å². The molecule has 0 bridgehead atoms. The highest BCUT2D eigenvalue weighted by Crippen LogP contribution is 1.91. The average molecular weight is 177 g/mol. The van der Waals surface area contributed by atoms with Gasteiger partial charge in [0.15, 0.2) is 0 Å². The minimum Gasteiger partial charge on any atom is -0.338 e. The summed E-state index contributed by atoms with van der Waals surface area (Å²) in [5, 5.41) is 5.60. The van der Waals surface area contributed by atoms with Crippen molar-refractivity contribution in [1.82, 2.24) is 10.6 Å². The average Bonchev–Trinajstić information content (AvgIpc) is 1.97. The number of hydrogen-bond donors (Lipinski definition) is 2. The fourth-order valence-corrected chi connectivity index (χ4v) is 0.544. The summed E-state index contributed by atoms with van der Waals surface area (Å²) in [6.07, 6.45) is 0.926. The fourth-order valence-electron chi connectivity index (χ4n) is 0.477. The number of nitrogens with one attached hydrogen (secondary N) is 2. The molecule has 4 heteroatoms. The molecule has 0 heterocycles. The molecule has 0 aliphatic heterocycles. The number of amides is 2. The third-order valence-corrected chi connectivity index (χ3v) is 1.11. The van der Waals surface area contributed by atoms with Gasteiger partial charge in [-0.25, -0.2) is 4.79 Å². The van der Waals surface area contributed by atoms with E-state index in [2.05, 4.69) is 17.2 Å². The molecule has 0 saturated heterocycles. The molecule has 0 aromatic carbocycles. The molecule has 0 aromatic rings. The lowest BCUT2D eigenvalue weighted by Gasteiger charge is -2.04. The highest BCUT2D eigenvalue weighted by molar-refractivity contribution is 6.29. The zero-order chi connectivity index (χ0) is 8.69. The van der Waals surface area contributed by atoms with Crippen molar-refractivity contribution >= 4 is 17.6 Å². The van der Waals surface area contributed by atoms with Gasteiger partial charge < -0.3 is 10.6 Å². The first-order chi connectivity index (χ1) is 5.16. The highest BCUT2D eigenvalue weighted by atomic mass is 35.5. The lowest BCUT2D eigenvalue weighted by molar-refractivity contribution is 0.242. The number of carbonyl (C=O) groups excluding carboxylic acids is 1.